The van der Waals surface area contributed by atoms with E-state index in [4.69, 9.17) is 0 Å². The van der Waals surface area contributed by atoms with Gasteiger partial charge in [0.05, 0.1) is 16.1 Å². The van der Waals surface area contributed by atoms with Crippen molar-refractivity contribution in [3.8, 4) is 0 Å². The summed E-state index contributed by atoms with van der Waals surface area (Å²) in [6.45, 7) is 2.40. The summed E-state index contributed by atoms with van der Waals surface area (Å²) in [5.41, 5.74) is -1.46. The molecule has 0 bridgehead atoms. The number of amides is 1. The average molecular weight is 296 g/mol. The van der Waals surface area contributed by atoms with Gasteiger partial charge in [0.15, 0.2) is 0 Å². The molecule has 1 fully saturated rings. The molecule has 114 valence electrons. The lowest BCUT2D eigenvalue weighted by atomic mass is 9.98. The largest absolute Gasteiger partial charge is 0.390 e. The Morgan fingerprint density at radius 1 is 1.43 bits per heavy atom. The van der Waals surface area contributed by atoms with Gasteiger partial charge in [0.2, 0.25) is 0 Å². The predicted molar refractivity (Wildman–Crippen MR) is 73.4 cm³/mol. The summed E-state index contributed by atoms with van der Waals surface area (Å²) in [6.07, 6.45) is 1.57. The zero-order valence-electron chi connectivity index (χ0n) is 11.7. The number of carbonyl (C=O) groups excluding carboxylic acids is 1. The van der Waals surface area contributed by atoms with Crippen molar-refractivity contribution in [3.63, 3.8) is 0 Å². The number of likely N-dealkylation sites (tertiary alicyclic amines) is 1. The highest BCUT2D eigenvalue weighted by molar-refractivity contribution is 5.95. The second-order valence-corrected chi connectivity index (χ2v) is 5.56. The van der Waals surface area contributed by atoms with Crippen LogP contribution in [0, 0.1) is 15.9 Å². The summed E-state index contributed by atoms with van der Waals surface area (Å²) in [4.78, 5) is 23.8. The van der Waals surface area contributed by atoms with Gasteiger partial charge in [0.1, 0.15) is 5.82 Å². The summed E-state index contributed by atoms with van der Waals surface area (Å²) in [5, 5.41) is 20.7. The molecule has 0 spiro atoms. The zero-order valence-corrected chi connectivity index (χ0v) is 11.7. The van der Waals surface area contributed by atoms with Crippen LogP contribution in [-0.4, -0.2) is 39.5 Å². The quantitative estimate of drug-likeness (QED) is 0.669. The van der Waals surface area contributed by atoms with Crippen LogP contribution in [0.5, 0.6) is 0 Å². The smallest absolute Gasteiger partial charge is 0.270 e. The molecule has 0 aromatic heterocycles. The number of carbonyl (C=O) groups is 1. The Kier molecular flexibility index (Phi) is 4.22. The summed E-state index contributed by atoms with van der Waals surface area (Å²) in [6, 6.07) is 2.92. The fourth-order valence-electron chi connectivity index (χ4n) is 2.43. The first-order valence-electron chi connectivity index (χ1n) is 6.76. The van der Waals surface area contributed by atoms with Crippen molar-refractivity contribution < 1.29 is 19.2 Å². The molecule has 21 heavy (non-hydrogen) atoms. The minimum Gasteiger partial charge on any atom is -0.390 e. The maximum Gasteiger partial charge on any atom is 0.270 e. The Balaban J connectivity index is 2.23. The van der Waals surface area contributed by atoms with Crippen molar-refractivity contribution in [2.45, 2.75) is 31.8 Å². The molecule has 0 saturated carbocycles. The molecule has 6 nitrogen and oxygen atoms in total. The molecule has 1 aliphatic rings. The summed E-state index contributed by atoms with van der Waals surface area (Å²) < 4.78 is 13.8. The van der Waals surface area contributed by atoms with E-state index in [1.165, 1.54) is 4.90 Å². The first kappa shape index (κ1) is 15.4. The van der Waals surface area contributed by atoms with Crippen LogP contribution in [0.25, 0.3) is 0 Å². The van der Waals surface area contributed by atoms with E-state index in [0.717, 1.165) is 18.2 Å². The number of hydrogen-bond donors (Lipinski definition) is 1. The minimum absolute atomic E-state index is 0.300. The summed E-state index contributed by atoms with van der Waals surface area (Å²) >= 11 is 0. The molecule has 0 radical (unpaired) electrons. The molecule has 0 aliphatic carbocycles. The number of nitro groups is 1. The van der Waals surface area contributed by atoms with Crippen molar-refractivity contribution in [2.24, 2.45) is 0 Å². The number of non-ortho nitro benzene ring substituents is 1. The third kappa shape index (κ3) is 3.55. The molecule has 1 saturated heterocycles. The summed E-state index contributed by atoms with van der Waals surface area (Å²) in [7, 11) is 0. The van der Waals surface area contributed by atoms with E-state index in [0.29, 0.717) is 32.4 Å². The van der Waals surface area contributed by atoms with E-state index in [1.54, 1.807) is 6.92 Å². The fourth-order valence-corrected chi connectivity index (χ4v) is 2.43. The maximum atomic E-state index is 13.8. The molecule has 7 heteroatoms. The number of aliphatic hydroxyl groups is 1. The second kappa shape index (κ2) is 5.77. The van der Waals surface area contributed by atoms with Crippen LogP contribution in [0.4, 0.5) is 10.1 Å². The predicted octanol–water partition coefficient (Wildman–Crippen LogP) is 2.11. The number of benzene rings is 1. The van der Waals surface area contributed by atoms with Crippen molar-refractivity contribution in [2.75, 3.05) is 13.1 Å². The first-order valence-corrected chi connectivity index (χ1v) is 6.76. The molecule has 1 unspecified atom stereocenters. The van der Waals surface area contributed by atoms with Crippen molar-refractivity contribution in [1.29, 1.82) is 0 Å². The third-order valence-electron chi connectivity index (χ3n) is 3.74. The average Bonchev–Trinajstić information content (AvgIpc) is 2.59. The lowest BCUT2D eigenvalue weighted by Crippen LogP contribution is -2.34. The number of rotatable bonds is 2. The van der Waals surface area contributed by atoms with E-state index in [1.807, 2.05) is 0 Å². The molecule has 1 aromatic carbocycles. The third-order valence-corrected chi connectivity index (χ3v) is 3.74. The van der Waals surface area contributed by atoms with Crippen molar-refractivity contribution in [1.82, 2.24) is 4.90 Å². The molecule has 1 amide bonds. The van der Waals surface area contributed by atoms with Crippen LogP contribution in [0.1, 0.15) is 36.5 Å². The highest BCUT2D eigenvalue weighted by atomic mass is 19.1. The number of halogens is 1. The summed E-state index contributed by atoms with van der Waals surface area (Å²) in [5.74, 6) is -1.35. The highest BCUT2D eigenvalue weighted by Crippen LogP contribution is 2.24. The normalized spacial score (nSPS) is 22.7. The number of nitro benzene ring substituents is 1. The van der Waals surface area contributed by atoms with E-state index in [-0.39, 0.29) is 11.3 Å². The van der Waals surface area contributed by atoms with Gasteiger partial charge >= 0.3 is 0 Å². The van der Waals surface area contributed by atoms with Crippen LogP contribution in [-0.2, 0) is 0 Å². The minimum atomic E-state index is -0.837. The highest BCUT2D eigenvalue weighted by Gasteiger charge is 2.29. The van der Waals surface area contributed by atoms with Crippen LogP contribution >= 0.6 is 0 Å². The maximum absolute atomic E-state index is 13.8. The Morgan fingerprint density at radius 3 is 2.81 bits per heavy atom. The first-order chi connectivity index (χ1) is 9.80. The molecule has 2 rings (SSSR count). The van der Waals surface area contributed by atoms with Crippen LogP contribution in [0.15, 0.2) is 18.2 Å². The number of hydrogen-bond acceptors (Lipinski definition) is 4. The fraction of sp³-hybridized carbons (Fsp3) is 0.500. The Bertz CT molecular complexity index is 574. The molecular formula is C14H17FN2O4. The van der Waals surface area contributed by atoms with E-state index >= 15 is 0 Å². The van der Waals surface area contributed by atoms with Crippen LogP contribution in [0.2, 0.25) is 0 Å². The Labute approximate surface area is 121 Å². The van der Waals surface area contributed by atoms with Gasteiger partial charge in [-0.25, -0.2) is 4.39 Å². The van der Waals surface area contributed by atoms with Gasteiger partial charge in [-0.2, -0.15) is 0 Å². The molecule has 1 atom stereocenters. The van der Waals surface area contributed by atoms with E-state index in [2.05, 4.69) is 0 Å². The monoisotopic (exact) mass is 296 g/mol. The van der Waals surface area contributed by atoms with Crippen LogP contribution < -0.4 is 0 Å². The molecule has 1 aliphatic heterocycles. The van der Waals surface area contributed by atoms with E-state index < -0.39 is 22.2 Å². The molecule has 1 N–H and O–H groups in total. The standard InChI is InChI=1S/C14H17FN2O4/c1-14(19)5-2-7-16(8-6-14)13(18)11-9-10(17(20)21)3-4-12(11)15/h3-4,9,19H,2,5-8H2,1H3. The lowest BCUT2D eigenvalue weighted by Gasteiger charge is -2.22. The molecule has 1 heterocycles. The van der Waals surface area contributed by atoms with Crippen LogP contribution in [0.3, 0.4) is 0 Å². The second-order valence-electron chi connectivity index (χ2n) is 5.56. The topological polar surface area (TPSA) is 83.7 Å². The Hall–Kier alpha value is -2.02. The van der Waals surface area contributed by atoms with Crippen molar-refractivity contribution >= 4 is 11.6 Å². The van der Waals surface area contributed by atoms with Crippen molar-refractivity contribution in [3.05, 3.63) is 39.7 Å². The van der Waals surface area contributed by atoms with Gasteiger partial charge in [-0.15, -0.1) is 0 Å². The van der Waals surface area contributed by atoms with Gasteiger partial charge in [-0.05, 0) is 32.3 Å². The number of nitrogens with zero attached hydrogens (tertiary/aromatic N) is 2. The van der Waals surface area contributed by atoms with Gasteiger partial charge in [-0.1, -0.05) is 0 Å². The SMILES string of the molecule is CC1(O)CCCN(C(=O)c2cc([N+](=O)[O-])ccc2F)CC1. The van der Waals surface area contributed by atoms with Gasteiger partial charge in [0.25, 0.3) is 11.6 Å². The Morgan fingerprint density at radius 2 is 2.14 bits per heavy atom. The van der Waals surface area contributed by atoms with Gasteiger partial charge in [0, 0.05) is 25.2 Å². The molecular weight excluding hydrogens is 279 g/mol. The van der Waals surface area contributed by atoms with Gasteiger partial charge < -0.3 is 10.0 Å². The molecule has 1 aromatic rings. The van der Waals surface area contributed by atoms with E-state index in [9.17, 15) is 24.4 Å². The lowest BCUT2D eigenvalue weighted by molar-refractivity contribution is -0.384. The van der Waals surface area contributed by atoms with Gasteiger partial charge in [-0.3, -0.25) is 14.9 Å². The zero-order chi connectivity index (χ0) is 15.6.